The molecule has 2 aliphatic heterocycles. The Bertz CT molecular complexity index is 1610. The molecule has 2 aromatic carbocycles. The SMILES string of the molecule is C=C/C=C(\C1=C(C)C=C(c2ccc(C(=O)N3CCN(C(=O)OC(C)(C)C)CC3)cc2)C1)c1ccc(NC2CCOCC2)c(C#N)c1. The van der Waals surface area contributed by atoms with Crippen molar-refractivity contribution < 1.29 is 19.1 Å². The van der Waals surface area contributed by atoms with E-state index in [1.54, 1.807) is 15.9 Å². The summed E-state index contributed by atoms with van der Waals surface area (Å²) in [7, 11) is 0. The van der Waals surface area contributed by atoms with E-state index in [1.807, 2.05) is 63.2 Å². The summed E-state index contributed by atoms with van der Waals surface area (Å²) < 4.78 is 11.0. The lowest BCUT2D eigenvalue weighted by Crippen LogP contribution is -2.51. The molecule has 0 atom stereocenters. The minimum Gasteiger partial charge on any atom is -0.444 e. The zero-order valence-electron chi connectivity index (χ0n) is 27.4. The second kappa shape index (κ2) is 14.2. The Morgan fingerprint density at radius 2 is 1.67 bits per heavy atom. The third-order valence-corrected chi connectivity index (χ3v) is 8.60. The van der Waals surface area contributed by atoms with Gasteiger partial charge in [-0.15, -0.1) is 0 Å². The van der Waals surface area contributed by atoms with Gasteiger partial charge in [-0.1, -0.05) is 43.0 Å². The van der Waals surface area contributed by atoms with E-state index in [0.29, 0.717) is 43.3 Å². The van der Waals surface area contributed by atoms with Gasteiger partial charge in [-0.05, 0) is 105 Å². The standard InChI is InChI=1S/C38H44N4O4/c1-6-7-33(29-12-13-35(31(23-29)25-39)40-32-14-20-45-21-15-32)34-24-30(22-26(34)2)27-8-10-28(11-9-27)36(43)41-16-18-42(19-17-41)37(44)46-38(3,4)5/h6-13,22-23,32,40H,1,14-21,24H2,2-5H3/b33-7-. The van der Waals surface area contributed by atoms with Gasteiger partial charge in [0.15, 0.2) is 0 Å². The largest absolute Gasteiger partial charge is 0.444 e. The van der Waals surface area contributed by atoms with Crippen molar-refractivity contribution in [3.63, 3.8) is 0 Å². The average molecular weight is 621 g/mol. The lowest BCUT2D eigenvalue weighted by molar-refractivity contribution is 0.0141. The van der Waals surface area contributed by atoms with Crippen molar-refractivity contribution in [3.8, 4) is 6.07 Å². The lowest BCUT2D eigenvalue weighted by Gasteiger charge is -2.35. The van der Waals surface area contributed by atoms with E-state index < -0.39 is 5.60 Å². The number of rotatable bonds is 7. The lowest BCUT2D eigenvalue weighted by atomic mass is 9.91. The van der Waals surface area contributed by atoms with Crippen molar-refractivity contribution in [2.24, 2.45) is 0 Å². The predicted molar refractivity (Wildman–Crippen MR) is 182 cm³/mol. The molecule has 0 radical (unpaired) electrons. The zero-order valence-corrected chi connectivity index (χ0v) is 27.4. The summed E-state index contributed by atoms with van der Waals surface area (Å²) in [5.74, 6) is -0.0370. The van der Waals surface area contributed by atoms with Crippen LogP contribution in [0.2, 0.25) is 0 Å². The molecule has 2 saturated heterocycles. The van der Waals surface area contributed by atoms with E-state index in [9.17, 15) is 14.9 Å². The van der Waals surface area contributed by atoms with Crippen LogP contribution in [0, 0.1) is 11.3 Å². The topological polar surface area (TPSA) is 94.9 Å². The molecule has 1 N–H and O–H groups in total. The fraction of sp³-hybridized carbons (Fsp3) is 0.395. The number of amides is 2. The first-order valence-corrected chi connectivity index (χ1v) is 16.1. The van der Waals surface area contributed by atoms with Gasteiger partial charge in [0, 0.05) is 51.0 Å². The molecule has 3 aliphatic rings. The molecule has 46 heavy (non-hydrogen) atoms. The van der Waals surface area contributed by atoms with Crippen LogP contribution in [0.4, 0.5) is 10.5 Å². The molecule has 5 rings (SSSR count). The maximum Gasteiger partial charge on any atom is 0.410 e. The Labute approximate surface area is 272 Å². The fourth-order valence-electron chi connectivity index (χ4n) is 6.13. The number of nitriles is 1. The smallest absolute Gasteiger partial charge is 0.410 e. The molecular formula is C38H44N4O4. The maximum absolute atomic E-state index is 13.3. The van der Waals surface area contributed by atoms with Gasteiger partial charge in [-0.2, -0.15) is 5.26 Å². The molecular weight excluding hydrogens is 576 g/mol. The van der Waals surface area contributed by atoms with Crippen molar-refractivity contribution in [2.75, 3.05) is 44.7 Å². The summed E-state index contributed by atoms with van der Waals surface area (Å²) in [5, 5.41) is 13.5. The Kier molecular flexibility index (Phi) is 10.1. The Hall–Kier alpha value is -4.61. The normalized spacial score (nSPS) is 17.8. The number of carbonyl (C=O) groups is 2. The van der Waals surface area contributed by atoms with Gasteiger partial charge in [0.05, 0.1) is 11.3 Å². The molecule has 1 aliphatic carbocycles. The van der Waals surface area contributed by atoms with Crippen LogP contribution in [0.3, 0.4) is 0 Å². The predicted octanol–water partition coefficient (Wildman–Crippen LogP) is 7.22. The number of carbonyl (C=O) groups excluding carboxylic acids is 2. The molecule has 0 spiro atoms. The average Bonchev–Trinajstić information content (AvgIpc) is 3.44. The van der Waals surface area contributed by atoms with Crippen molar-refractivity contribution in [2.45, 2.75) is 58.6 Å². The second-order valence-electron chi connectivity index (χ2n) is 13.1. The van der Waals surface area contributed by atoms with Gasteiger partial charge in [0.1, 0.15) is 11.7 Å². The summed E-state index contributed by atoms with van der Waals surface area (Å²) in [4.78, 5) is 29.1. The molecule has 0 aromatic heterocycles. The van der Waals surface area contributed by atoms with Crippen molar-refractivity contribution in [1.82, 2.24) is 9.80 Å². The minimum absolute atomic E-state index is 0.0370. The number of anilines is 1. The van der Waals surface area contributed by atoms with E-state index in [1.165, 1.54) is 11.1 Å². The van der Waals surface area contributed by atoms with Crippen molar-refractivity contribution >= 4 is 28.8 Å². The van der Waals surface area contributed by atoms with E-state index in [2.05, 4.69) is 37.0 Å². The zero-order chi connectivity index (χ0) is 32.8. The second-order valence-corrected chi connectivity index (χ2v) is 13.1. The number of benzene rings is 2. The summed E-state index contributed by atoms with van der Waals surface area (Å²) in [5.41, 5.74) is 8.16. The monoisotopic (exact) mass is 620 g/mol. The summed E-state index contributed by atoms with van der Waals surface area (Å²) in [6, 6.07) is 16.5. The van der Waals surface area contributed by atoms with Crippen LogP contribution >= 0.6 is 0 Å². The fourth-order valence-corrected chi connectivity index (χ4v) is 6.13. The number of nitrogens with zero attached hydrogens (tertiary/aromatic N) is 3. The number of allylic oxidation sites excluding steroid dienone is 7. The van der Waals surface area contributed by atoms with Crippen molar-refractivity contribution in [3.05, 3.63) is 101 Å². The van der Waals surface area contributed by atoms with E-state index >= 15 is 0 Å². The first-order valence-electron chi connectivity index (χ1n) is 16.1. The Morgan fingerprint density at radius 1 is 1.02 bits per heavy atom. The first-order chi connectivity index (χ1) is 22.1. The Morgan fingerprint density at radius 3 is 2.30 bits per heavy atom. The molecule has 2 fully saturated rings. The van der Waals surface area contributed by atoms with E-state index in [4.69, 9.17) is 9.47 Å². The molecule has 2 aromatic rings. The highest BCUT2D eigenvalue weighted by molar-refractivity contribution is 5.95. The van der Waals surface area contributed by atoms with Crippen LogP contribution in [-0.4, -0.2) is 72.8 Å². The van der Waals surface area contributed by atoms with Crippen LogP contribution in [0.25, 0.3) is 11.1 Å². The molecule has 240 valence electrons. The molecule has 2 heterocycles. The van der Waals surface area contributed by atoms with Crippen LogP contribution in [0.15, 0.2) is 78.4 Å². The summed E-state index contributed by atoms with van der Waals surface area (Å²) >= 11 is 0. The minimum atomic E-state index is -0.548. The van der Waals surface area contributed by atoms with Gasteiger partial charge in [0.25, 0.3) is 5.91 Å². The quantitative estimate of drug-likeness (QED) is 0.329. The van der Waals surface area contributed by atoms with Crippen LogP contribution in [0.1, 0.15) is 74.0 Å². The Balaban J connectivity index is 1.23. The molecule has 0 saturated carbocycles. The van der Waals surface area contributed by atoms with Crippen LogP contribution in [-0.2, 0) is 9.47 Å². The molecule has 0 bridgehead atoms. The highest BCUT2D eigenvalue weighted by Crippen LogP contribution is 2.40. The molecule has 8 heteroatoms. The van der Waals surface area contributed by atoms with Gasteiger partial charge in [0.2, 0.25) is 0 Å². The third-order valence-electron chi connectivity index (χ3n) is 8.60. The maximum atomic E-state index is 13.3. The van der Waals surface area contributed by atoms with Gasteiger partial charge >= 0.3 is 6.09 Å². The third kappa shape index (κ3) is 7.78. The number of ether oxygens (including phenoxy) is 2. The van der Waals surface area contributed by atoms with Crippen LogP contribution < -0.4 is 5.32 Å². The van der Waals surface area contributed by atoms with Crippen molar-refractivity contribution in [1.29, 1.82) is 5.26 Å². The van der Waals surface area contributed by atoms with Gasteiger partial charge in [-0.25, -0.2) is 4.79 Å². The van der Waals surface area contributed by atoms with Gasteiger partial charge < -0.3 is 24.6 Å². The van der Waals surface area contributed by atoms with Gasteiger partial charge in [-0.3, -0.25) is 4.79 Å². The first kappa shape index (κ1) is 32.8. The van der Waals surface area contributed by atoms with E-state index in [0.717, 1.165) is 60.4 Å². The molecule has 0 unspecified atom stereocenters. The molecule has 2 amide bonds. The van der Waals surface area contributed by atoms with Crippen LogP contribution in [0.5, 0.6) is 0 Å². The highest BCUT2D eigenvalue weighted by atomic mass is 16.6. The summed E-state index contributed by atoms with van der Waals surface area (Å²) in [6.45, 7) is 14.9. The number of hydrogen-bond acceptors (Lipinski definition) is 6. The number of hydrogen-bond donors (Lipinski definition) is 1. The number of nitrogens with one attached hydrogen (secondary N) is 1. The highest BCUT2D eigenvalue weighted by Gasteiger charge is 2.28. The van der Waals surface area contributed by atoms with E-state index in [-0.39, 0.29) is 12.0 Å². The molecule has 8 nitrogen and oxygen atoms in total. The number of piperazine rings is 1. The summed E-state index contributed by atoms with van der Waals surface area (Å²) in [6.07, 6.45) is 8.26.